The number of carbonyl (C=O) groups excluding carboxylic acids is 2. The molecule has 1 atom stereocenters. The van der Waals surface area contributed by atoms with Crippen LogP contribution >= 0.6 is 0 Å². The SMILES string of the molecule is O=C(Nc1cccc2cc3ccccc3cc12)ON1C(=O)CCC1O. The van der Waals surface area contributed by atoms with E-state index in [1.807, 2.05) is 42.5 Å². The van der Waals surface area contributed by atoms with Gasteiger partial charge in [-0.3, -0.25) is 10.1 Å². The maximum Gasteiger partial charge on any atom is 0.436 e. The number of fused-ring (bicyclic) bond motifs is 2. The van der Waals surface area contributed by atoms with E-state index in [-0.39, 0.29) is 12.8 Å². The average molecular weight is 336 g/mol. The minimum atomic E-state index is -1.09. The molecule has 2 amide bonds. The number of aliphatic hydroxyl groups excluding tert-OH is 1. The predicted molar refractivity (Wildman–Crippen MR) is 93.6 cm³/mol. The van der Waals surface area contributed by atoms with Gasteiger partial charge in [-0.2, -0.15) is 0 Å². The lowest BCUT2D eigenvalue weighted by molar-refractivity contribution is -0.187. The van der Waals surface area contributed by atoms with Crippen molar-refractivity contribution in [3.8, 4) is 0 Å². The van der Waals surface area contributed by atoms with E-state index in [1.165, 1.54) is 0 Å². The van der Waals surface area contributed by atoms with Crippen LogP contribution in [0.25, 0.3) is 21.5 Å². The minimum Gasteiger partial charge on any atom is -0.370 e. The lowest BCUT2D eigenvalue weighted by Crippen LogP contribution is -2.36. The lowest BCUT2D eigenvalue weighted by atomic mass is 10.0. The van der Waals surface area contributed by atoms with Crippen LogP contribution in [-0.2, 0) is 9.63 Å². The second-order valence-electron chi connectivity index (χ2n) is 5.97. The van der Waals surface area contributed by atoms with Crippen LogP contribution in [0.4, 0.5) is 10.5 Å². The normalized spacial score (nSPS) is 17.2. The number of hydroxylamine groups is 2. The molecule has 0 aliphatic carbocycles. The fourth-order valence-electron chi connectivity index (χ4n) is 3.06. The third kappa shape index (κ3) is 2.88. The van der Waals surface area contributed by atoms with Crippen LogP contribution in [0.2, 0.25) is 0 Å². The first-order chi connectivity index (χ1) is 12.1. The van der Waals surface area contributed by atoms with Gasteiger partial charge in [0.05, 0.1) is 5.69 Å². The molecular weight excluding hydrogens is 320 g/mol. The molecular formula is C19H16N2O4. The summed E-state index contributed by atoms with van der Waals surface area (Å²) in [6.45, 7) is 0. The van der Waals surface area contributed by atoms with Gasteiger partial charge in [0.15, 0.2) is 6.23 Å². The van der Waals surface area contributed by atoms with Gasteiger partial charge >= 0.3 is 6.09 Å². The van der Waals surface area contributed by atoms with Crippen LogP contribution < -0.4 is 5.32 Å². The first-order valence-electron chi connectivity index (χ1n) is 8.02. The van der Waals surface area contributed by atoms with E-state index in [2.05, 4.69) is 11.4 Å². The quantitative estimate of drug-likeness (QED) is 0.703. The van der Waals surface area contributed by atoms with Gasteiger partial charge in [-0.1, -0.05) is 36.4 Å². The summed E-state index contributed by atoms with van der Waals surface area (Å²) in [6.07, 6.45) is -1.48. The Bertz CT molecular complexity index is 985. The highest BCUT2D eigenvalue weighted by molar-refractivity contribution is 6.06. The van der Waals surface area contributed by atoms with Crippen LogP contribution in [0.15, 0.2) is 54.6 Å². The number of nitrogens with one attached hydrogen (secondary N) is 1. The van der Waals surface area contributed by atoms with E-state index in [1.54, 1.807) is 6.07 Å². The van der Waals surface area contributed by atoms with E-state index in [4.69, 9.17) is 4.84 Å². The standard InChI is InChI=1S/C19H16N2O4/c22-17-8-9-18(23)21(17)25-19(24)20-16-7-3-6-14-10-12-4-1-2-5-13(12)11-15(14)16/h1-7,10-11,17,22H,8-9H2,(H,20,24). The molecule has 25 heavy (non-hydrogen) atoms. The maximum absolute atomic E-state index is 12.1. The summed E-state index contributed by atoms with van der Waals surface area (Å²) in [7, 11) is 0. The van der Waals surface area contributed by atoms with Crippen LogP contribution in [0.1, 0.15) is 12.8 Å². The number of amides is 2. The molecule has 0 saturated carbocycles. The number of hydrogen-bond acceptors (Lipinski definition) is 4. The lowest BCUT2D eigenvalue weighted by Gasteiger charge is -2.19. The van der Waals surface area contributed by atoms with Crippen molar-refractivity contribution in [2.45, 2.75) is 19.1 Å². The second-order valence-corrected chi connectivity index (χ2v) is 5.97. The van der Waals surface area contributed by atoms with Crippen molar-refractivity contribution >= 4 is 39.2 Å². The van der Waals surface area contributed by atoms with Gasteiger partial charge in [0.2, 0.25) is 0 Å². The zero-order valence-corrected chi connectivity index (χ0v) is 13.3. The summed E-state index contributed by atoms with van der Waals surface area (Å²) >= 11 is 0. The monoisotopic (exact) mass is 336 g/mol. The number of nitrogens with zero attached hydrogens (tertiary/aromatic N) is 1. The number of rotatable bonds is 2. The largest absolute Gasteiger partial charge is 0.436 e. The third-order valence-corrected chi connectivity index (χ3v) is 4.30. The molecule has 2 N–H and O–H groups in total. The molecule has 1 saturated heterocycles. The zero-order chi connectivity index (χ0) is 17.4. The van der Waals surface area contributed by atoms with Crippen LogP contribution in [0.5, 0.6) is 0 Å². The smallest absolute Gasteiger partial charge is 0.370 e. The Morgan fingerprint density at radius 1 is 1.08 bits per heavy atom. The highest BCUT2D eigenvalue weighted by Gasteiger charge is 2.33. The topological polar surface area (TPSA) is 78.9 Å². The number of hydrogen-bond donors (Lipinski definition) is 2. The highest BCUT2D eigenvalue weighted by Crippen LogP contribution is 2.28. The third-order valence-electron chi connectivity index (χ3n) is 4.30. The summed E-state index contributed by atoms with van der Waals surface area (Å²) in [6, 6.07) is 17.6. The molecule has 1 heterocycles. The molecule has 0 radical (unpaired) electrons. The molecule has 6 nitrogen and oxygen atoms in total. The fourth-order valence-corrected chi connectivity index (χ4v) is 3.06. The van der Waals surface area contributed by atoms with E-state index in [0.717, 1.165) is 26.6 Å². The second kappa shape index (κ2) is 6.07. The molecule has 1 unspecified atom stereocenters. The number of aliphatic hydroxyl groups is 1. The predicted octanol–water partition coefficient (Wildman–Crippen LogP) is 3.40. The first-order valence-corrected chi connectivity index (χ1v) is 8.02. The Balaban J connectivity index is 1.63. The fraction of sp³-hybridized carbons (Fsp3) is 0.158. The number of carbonyl (C=O) groups is 2. The molecule has 0 bridgehead atoms. The van der Waals surface area contributed by atoms with Gasteiger partial charge in [0, 0.05) is 18.2 Å². The number of benzene rings is 3. The van der Waals surface area contributed by atoms with Crippen molar-refractivity contribution in [2.75, 3.05) is 5.32 Å². The van der Waals surface area contributed by atoms with Gasteiger partial charge in [-0.25, -0.2) is 4.79 Å². The summed E-state index contributed by atoms with van der Waals surface area (Å²) < 4.78 is 0. The highest BCUT2D eigenvalue weighted by atomic mass is 16.7. The summed E-state index contributed by atoms with van der Waals surface area (Å²) in [5, 5.41) is 17.1. The van der Waals surface area contributed by atoms with Crippen molar-refractivity contribution in [2.24, 2.45) is 0 Å². The van der Waals surface area contributed by atoms with Crippen molar-refractivity contribution < 1.29 is 19.5 Å². The Kier molecular flexibility index (Phi) is 3.74. The average Bonchev–Trinajstić information content (AvgIpc) is 2.92. The molecule has 0 aromatic heterocycles. The van der Waals surface area contributed by atoms with E-state index >= 15 is 0 Å². The molecule has 6 heteroatoms. The molecule has 3 aromatic carbocycles. The van der Waals surface area contributed by atoms with Crippen LogP contribution in [0.3, 0.4) is 0 Å². The minimum absolute atomic E-state index is 0.161. The Hall–Kier alpha value is -3.12. The van der Waals surface area contributed by atoms with Crippen molar-refractivity contribution in [1.82, 2.24) is 5.06 Å². The van der Waals surface area contributed by atoms with Crippen molar-refractivity contribution in [3.63, 3.8) is 0 Å². The molecule has 0 spiro atoms. The van der Waals surface area contributed by atoms with Crippen molar-refractivity contribution in [1.29, 1.82) is 0 Å². The van der Waals surface area contributed by atoms with Crippen LogP contribution in [0, 0.1) is 0 Å². The zero-order valence-electron chi connectivity index (χ0n) is 13.3. The number of anilines is 1. The molecule has 3 aromatic rings. The molecule has 1 aliphatic rings. The molecule has 1 fully saturated rings. The Morgan fingerprint density at radius 2 is 1.80 bits per heavy atom. The van der Waals surface area contributed by atoms with Crippen LogP contribution in [-0.4, -0.2) is 28.4 Å². The van der Waals surface area contributed by atoms with Gasteiger partial charge in [-0.05, 0) is 34.4 Å². The Labute approximate surface area is 143 Å². The van der Waals surface area contributed by atoms with E-state index in [9.17, 15) is 14.7 Å². The van der Waals surface area contributed by atoms with Gasteiger partial charge < -0.3 is 9.94 Å². The van der Waals surface area contributed by atoms with Crippen molar-refractivity contribution in [3.05, 3.63) is 54.6 Å². The molecule has 4 rings (SSSR count). The van der Waals surface area contributed by atoms with Gasteiger partial charge in [-0.15, -0.1) is 5.06 Å². The summed E-state index contributed by atoms with van der Waals surface area (Å²) in [5.41, 5.74) is 0.578. The molecule has 1 aliphatic heterocycles. The maximum atomic E-state index is 12.1. The van der Waals surface area contributed by atoms with Gasteiger partial charge in [0.1, 0.15) is 0 Å². The van der Waals surface area contributed by atoms with E-state index < -0.39 is 18.2 Å². The first kappa shape index (κ1) is 15.4. The molecule has 126 valence electrons. The van der Waals surface area contributed by atoms with E-state index in [0.29, 0.717) is 5.69 Å². The van der Waals surface area contributed by atoms with Gasteiger partial charge in [0.25, 0.3) is 5.91 Å². The Morgan fingerprint density at radius 3 is 2.52 bits per heavy atom. The summed E-state index contributed by atoms with van der Waals surface area (Å²) in [5.74, 6) is -0.411. The summed E-state index contributed by atoms with van der Waals surface area (Å²) in [4.78, 5) is 28.7.